The van der Waals surface area contributed by atoms with Gasteiger partial charge < -0.3 is 16.6 Å². The Morgan fingerprint density at radius 2 is 1.03 bits per heavy atom. The number of carbonyl (C=O) groups is 1. The number of nitrogens with zero attached hydrogens (tertiary/aromatic N) is 1. The molecule has 174 valence electrons. The molecule has 0 aliphatic heterocycles. The Balaban J connectivity index is 3.51. The summed E-state index contributed by atoms with van der Waals surface area (Å²) in [6.07, 6.45) is 22.0. The average Bonchev–Trinajstić information content (AvgIpc) is 2.70. The number of unbranched alkanes of at least 4 members (excludes halogenated alkanes) is 15. The average molecular weight is 414 g/mol. The third kappa shape index (κ3) is 17.9. The third-order valence-corrected chi connectivity index (χ3v) is 5.89. The monoisotopic (exact) mass is 413 g/mol. The first-order chi connectivity index (χ1) is 14.2. The van der Waals surface area contributed by atoms with Gasteiger partial charge in [-0.25, -0.2) is 0 Å². The van der Waals surface area contributed by atoms with Gasteiger partial charge in [-0.2, -0.15) is 0 Å². The SMILES string of the molecule is CCCCCCCCCCCCCCCCCCC(C(=O)O)N(CCN)CCN. The molecular weight excluding hydrogens is 362 g/mol. The van der Waals surface area contributed by atoms with Crippen molar-refractivity contribution in [3.05, 3.63) is 0 Å². The molecule has 29 heavy (non-hydrogen) atoms. The van der Waals surface area contributed by atoms with E-state index in [0.717, 1.165) is 12.8 Å². The maximum Gasteiger partial charge on any atom is 0.320 e. The molecule has 0 amide bonds. The molecule has 0 radical (unpaired) electrons. The number of carboxylic acids is 1. The Bertz CT molecular complexity index is 347. The largest absolute Gasteiger partial charge is 0.480 e. The number of hydrogen-bond donors (Lipinski definition) is 3. The first-order valence-corrected chi connectivity index (χ1v) is 12.5. The molecule has 0 aromatic rings. The van der Waals surface area contributed by atoms with Crippen molar-refractivity contribution in [1.82, 2.24) is 4.90 Å². The minimum atomic E-state index is -0.743. The molecule has 0 saturated carbocycles. The number of hydrogen-bond acceptors (Lipinski definition) is 4. The lowest BCUT2D eigenvalue weighted by molar-refractivity contribution is -0.143. The van der Waals surface area contributed by atoms with Crippen molar-refractivity contribution in [2.45, 2.75) is 122 Å². The molecule has 1 unspecified atom stereocenters. The van der Waals surface area contributed by atoms with Gasteiger partial charge in [0.05, 0.1) is 0 Å². The Hall–Kier alpha value is -0.650. The van der Waals surface area contributed by atoms with Crippen LogP contribution in [0.25, 0.3) is 0 Å². The number of aliphatic carboxylic acids is 1. The van der Waals surface area contributed by atoms with Gasteiger partial charge in [0.25, 0.3) is 0 Å². The molecule has 0 saturated heterocycles. The maximum absolute atomic E-state index is 11.6. The number of carboxylic acid groups (broad SMARTS) is 1. The highest BCUT2D eigenvalue weighted by Gasteiger charge is 2.23. The van der Waals surface area contributed by atoms with E-state index in [4.69, 9.17) is 11.5 Å². The van der Waals surface area contributed by atoms with Crippen molar-refractivity contribution in [3.8, 4) is 0 Å². The molecule has 5 heteroatoms. The van der Waals surface area contributed by atoms with E-state index in [1.165, 1.54) is 89.9 Å². The highest BCUT2D eigenvalue weighted by molar-refractivity contribution is 5.73. The van der Waals surface area contributed by atoms with E-state index in [-0.39, 0.29) is 0 Å². The lowest BCUT2D eigenvalue weighted by Gasteiger charge is -2.27. The normalized spacial score (nSPS) is 12.6. The Labute approximate surface area is 181 Å². The fourth-order valence-corrected chi connectivity index (χ4v) is 4.10. The quantitative estimate of drug-likeness (QED) is 0.197. The second-order valence-electron chi connectivity index (χ2n) is 8.56. The molecule has 0 rings (SSSR count). The lowest BCUT2D eigenvalue weighted by atomic mass is 10.0. The summed E-state index contributed by atoms with van der Waals surface area (Å²) in [4.78, 5) is 13.5. The van der Waals surface area contributed by atoms with Crippen LogP contribution >= 0.6 is 0 Å². The van der Waals surface area contributed by atoms with Gasteiger partial charge in [-0.1, -0.05) is 110 Å². The summed E-state index contributed by atoms with van der Waals surface area (Å²) in [7, 11) is 0. The molecular formula is C24H51N3O2. The molecule has 0 bridgehead atoms. The van der Waals surface area contributed by atoms with Crippen LogP contribution in [0.2, 0.25) is 0 Å². The van der Waals surface area contributed by atoms with Gasteiger partial charge in [-0.15, -0.1) is 0 Å². The van der Waals surface area contributed by atoms with E-state index in [2.05, 4.69) is 6.92 Å². The summed E-state index contributed by atoms with van der Waals surface area (Å²) >= 11 is 0. The van der Waals surface area contributed by atoms with Crippen molar-refractivity contribution in [3.63, 3.8) is 0 Å². The molecule has 0 aromatic heterocycles. The molecule has 5 nitrogen and oxygen atoms in total. The van der Waals surface area contributed by atoms with Crippen molar-refractivity contribution >= 4 is 5.97 Å². The van der Waals surface area contributed by atoms with Crippen molar-refractivity contribution in [1.29, 1.82) is 0 Å². The van der Waals surface area contributed by atoms with Gasteiger partial charge in [0.15, 0.2) is 0 Å². The summed E-state index contributed by atoms with van der Waals surface area (Å²) < 4.78 is 0. The highest BCUT2D eigenvalue weighted by atomic mass is 16.4. The summed E-state index contributed by atoms with van der Waals surface area (Å²) in [5.41, 5.74) is 11.2. The molecule has 0 aliphatic carbocycles. The van der Waals surface area contributed by atoms with E-state index in [1.54, 1.807) is 0 Å². The Kier molecular flexibility index (Phi) is 21.6. The summed E-state index contributed by atoms with van der Waals surface area (Å²) in [5, 5.41) is 9.50. The predicted octanol–water partition coefficient (Wildman–Crippen LogP) is 5.31. The van der Waals surface area contributed by atoms with Gasteiger partial charge in [0, 0.05) is 26.2 Å². The van der Waals surface area contributed by atoms with Crippen LogP contribution in [0, 0.1) is 0 Å². The number of rotatable bonds is 23. The van der Waals surface area contributed by atoms with Crippen LogP contribution in [0.15, 0.2) is 0 Å². The van der Waals surface area contributed by atoms with Crippen molar-refractivity contribution < 1.29 is 9.90 Å². The van der Waals surface area contributed by atoms with Crippen LogP contribution in [0.1, 0.15) is 116 Å². The highest BCUT2D eigenvalue weighted by Crippen LogP contribution is 2.15. The van der Waals surface area contributed by atoms with E-state index < -0.39 is 12.0 Å². The maximum atomic E-state index is 11.6. The van der Waals surface area contributed by atoms with Crippen LogP contribution in [0.5, 0.6) is 0 Å². The van der Waals surface area contributed by atoms with Gasteiger partial charge in [0.1, 0.15) is 6.04 Å². The van der Waals surface area contributed by atoms with Crippen LogP contribution in [-0.4, -0.2) is 48.2 Å². The minimum absolute atomic E-state index is 0.436. The van der Waals surface area contributed by atoms with E-state index >= 15 is 0 Å². The predicted molar refractivity (Wildman–Crippen MR) is 125 cm³/mol. The topological polar surface area (TPSA) is 92.6 Å². The Morgan fingerprint density at radius 3 is 1.34 bits per heavy atom. The fourth-order valence-electron chi connectivity index (χ4n) is 4.10. The fraction of sp³-hybridized carbons (Fsp3) is 0.958. The van der Waals surface area contributed by atoms with Gasteiger partial charge >= 0.3 is 5.97 Å². The molecule has 0 aliphatic rings. The standard InChI is InChI=1S/C24H51N3O2/c1-2-3-4-5-6-7-8-9-10-11-12-13-14-15-16-17-18-23(24(28)29)27(21-19-25)22-20-26/h23H,2-22,25-26H2,1H3,(H,28,29). The summed E-state index contributed by atoms with van der Waals surface area (Å²) in [5.74, 6) is -0.743. The smallest absolute Gasteiger partial charge is 0.320 e. The first kappa shape index (κ1) is 28.4. The van der Waals surface area contributed by atoms with Crippen molar-refractivity contribution in [2.75, 3.05) is 26.2 Å². The zero-order chi connectivity index (χ0) is 21.6. The molecule has 0 aromatic carbocycles. The summed E-state index contributed by atoms with van der Waals surface area (Å²) in [6, 6.07) is -0.436. The molecule has 5 N–H and O–H groups in total. The molecule has 0 fully saturated rings. The van der Waals surface area contributed by atoms with E-state index in [1.807, 2.05) is 4.90 Å². The second kappa shape index (κ2) is 22.0. The zero-order valence-corrected chi connectivity index (χ0v) is 19.4. The number of nitrogens with two attached hydrogens (primary N) is 2. The van der Waals surface area contributed by atoms with E-state index in [0.29, 0.717) is 32.6 Å². The van der Waals surface area contributed by atoms with E-state index in [9.17, 15) is 9.90 Å². The molecule has 0 heterocycles. The van der Waals surface area contributed by atoms with Crippen LogP contribution in [0.3, 0.4) is 0 Å². The zero-order valence-electron chi connectivity index (χ0n) is 19.4. The first-order valence-electron chi connectivity index (χ1n) is 12.5. The second-order valence-corrected chi connectivity index (χ2v) is 8.56. The van der Waals surface area contributed by atoms with Crippen molar-refractivity contribution in [2.24, 2.45) is 11.5 Å². The molecule has 1 atom stereocenters. The van der Waals surface area contributed by atoms with Gasteiger partial charge in [0.2, 0.25) is 0 Å². The third-order valence-electron chi connectivity index (χ3n) is 5.89. The van der Waals surface area contributed by atoms with Crippen LogP contribution in [0.4, 0.5) is 0 Å². The Morgan fingerprint density at radius 1 is 0.690 bits per heavy atom. The lowest BCUT2D eigenvalue weighted by Crippen LogP contribution is -2.46. The molecule has 0 spiro atoms. The van der Waals surface area contributed by atoms with Crippen LogP contribution < -0.4 is 11.5 Å². The van der Waals surface area contributed by atoms with Crippen LogP contribution in [-0.2, 0) is 4.79 Å². The van der Waals surface area contributed by atoms with Gasteiger partial charge in [-0.05, 0) is 6.42 Å². The minimum Gasteiger partial charge on any atom is -0.480 e. The summed E-state index contributed by atoms with van der Waals surface area (Å²) in [6.45, 7) is 4.43. The van der Waals surface area contributed by atoms with Gasteiger partial charge in [-0.3, -0.25) is 9.69 Å².